The van der Waals surface area contributed by atoms with Gasteiger partial charge in [-0.05, 0) is 54.8 Å². The Bertz CT molecular complexity index is 924. The van der Waals surface area contributed by atoms with Crippen molar-refractivity contribution in [1.82, 2.24) is 0 Å². The number of allylic oxidation sites excluding steroid dienone is 1. The van der Waals surface area contributed by atoms with Crippen LogP contribution >= 0.6 is 0 Å². The predicted molar refractivity (Wildman–Crippen MR) is 106 cm³/mol. The van der Waals surface area contributed by atoms with Crippen molar-refractivity contribution in [2.24, 2.45) is 0 Å². The predicted octanol–water partition coefficient (Wildman–Crippen LogP) is 5.78. The third kappa shape index (κ3) is 4.48. The summed E-state index contributed by atoms with van der Waals surface area (Å²) in [5, 5.41) is 0. The molecule has 0 spiro atoms. The fraction of sp³-hybridized carbons (Fsp3) is 0.125. The molecule has 3 aromatic carbocycles. The van der Waals surface area contributed by atoms with Gasteiger partial charge in [-0.1, -0.05) is 60.7 Å². The summed E-state index contributed by atoms with van der Waals surface area (Å²) >= 11 is 0. The molecule has 0 aliphatic rings. The van der Waals surface area contributed by atoms with Gasteiger partial charge in [0.2, 0.25) is 0 Å². The minimum absolute atomic E-state index is 0.00837. The molecule has 0 amide bonds. The number of hydrogen-bond acceptors (Lipinski definition) is 2. The van der Waals surface area contributed by atoms with Crippen LogP contribution in [0, 0.1) is 13.8 Å². The van der Waals surface area contributed by atoms with Crippen molar-refractivity contribution in [3.63, 3.8) is 0 Å². The Balaban J connectivity index is 1.73. The first-order chi connectivity index (χ1) is 12.6. The van der Waals surface area contributed by atoms with Gasteiger partial charge >= 0.3 is 0 Å². The zero-order chi connectivity index (χ0) is 18.4. The van der Waals surface area contributed by atoms with E-state index in [4.69, 9.17) is 4.74 Å². The van der Waals surface area contributed by atoms with Crippen LogP contribution in [0.5, 0.6) is 5.75 Å². The number of hydrogen-bond donors (Lipinski definition) is 0. The lowest BCUT2D eigenvalue weighted by Crippen LogP contribution is -1.98. The lowest BCUT2D eigenvalue weighted by atomic mass is 10.0. The van der Waals surface area contributed by atoms with Gasteiger partial charge in [0.25, 0.3) is 0 Å². The molecule has 0 heterocycles. The van der Waals surface area contributed by atoms with E-state index in [0.717, 1.165) is 22.4 Å². The lowest BCUT2D eigenvalue weighted by molar-refractivity contribution is 0.104. The number of aryl methyl sites for hydroxylation is 2. The number of para-hydroxylation sites is 1. The Kier molecular flexibility index (Phi) is 5.65. The molecule has 0 radical (unpaired) electrons. The Morgan fingerprint density at radius 3 is 2.38 bits per heavy atom. The second-order valence-electron chi connectivity index (χ2n) is 6.31. The Labute approximate surface area is 154 Å². The van der Waals surface area contributed by atoms with Crippen LogP contribution in [0.1, 0.15) is 32.6 Å². The zero-order valence-corrected chi connectivity index (χ0v) is 15.1. The van der Waals surface area contributed by atoms with E-state index in [1.807, 2.05) is 92.7 Å². The molecule has 130 valence electrons. The van der Waals surface area contributed by atoms with Crippen molar-refractivity contribution < 1.29 is 9.53 Å². The van der Waals surface area contributed by atoms with Gasteiger partial charge in [-0.2, -0.15) is 0 Å². The lowest BCUT2D eigenvalue weighted by Gasteiger charge is -2.09. The van der Waals surface area contributed by atoms with E-state index in [9.17, 15) is 4.79 Å². The first-order valence-electron chi connectivity index (χ1n) is 8.69. The monoisotopic (exact) mass is 342 g/mol. The van der Waals surface area contributed by atoms with E-state index < -0.39 is 0 Å². The molecule has 0 bridgehead atoms. The second kappa shape index (κ2) is 8.30. The molecular formula is C24H22O2. The molecule has 0 unspecified atom stereocenters. The van der Waals surface area contributed by atoms with E-state index in [1.54, 1.807) is 6.08 Å². The number of rotatable bonds is 6. The fourth-order valence-corrected chi connectivity index (χ4v) is 2.64. The van der Waals surface area contributed by atoms with E-state index in [0.29, 0.717) is 12.2 Å². The highest BCUT2D eigenvalue weighted by Crippen LogP contribution is 2.21. The minimum atomic E-state index is -0.00837. The Morgan fingerprint density at radius 2 is 1.62 bits per heavy atom. The van der Waals surface area contributed by atoms with Gasteiger partial charge in [0.1, 0.15) is 12.4 Å². The molecule has 3 rings (SSSR count). The average molecular weight is 342 g/mol. The summed E-state index contributed by atoms with van der Waals surface area (Å²) < 4.78 is 5.93. The minimum Gasteiger partial charge on any atom is -0.488 e. The quantitative estimate of drug-likeness (QED) is 0.419. The number of ketones is 1. The van der Waals surface area contributed by atoms with Gasteiger partial charge in [0, 0.05) is 11.1 Å². The van der Waals surface area contributed by atoms with Gasteiger partial charge in [-0.25, -0.2) is 0 Å². The molecule has 0 aromatic heterocycles. The number of ether oxygens (including phenoxy) is 1. The van der Waals surface area contributed by atoms with Crippen LogP contribution in [-0.4, -0.2) is 5.78 Å². The summed E-state index contributed by atoms with van der Waals surface area (Å²) in [7, 11) is 0. The molecule has 0 aliphatic carbocycles. The van der Waals surface area contributed by atoms with Crippen molar-refractivity contribution in [2.75, 3.05) is 0 Å². The van der Waals surface area contributed by atoms with E-state index in [1.165, 1.54) is 5.56 Å². The van der Waals surface area contributed by atoms with E-state index in [-0.39, 0.29) is 5.78 Å². The van der Waals surface area contributed by atoms with Crippen LogP contribution in [0.2, 0.25) is 0 Å². The first-order valence-corrected chi connectivity index (χ1v) is 8.69. The van der Waals surface area contributed by atoms with Crippen molar-refractivity contribution in [3.05, 3.63) is 107 Å². The molecule has 0 N–H and O–H groups in total. The Morgan fingerprint density at radius 1 is 0.885 bits per heavy atom. The van der Waals surface area contributed by atoms with Crippen LogP contribution in [0.4, 0.5) is 0 Å². The molecule has 26 heavy (non-hydrogen) atoms. The highest BCUT2D eigenvalue weighted by atomic mass is 16.5. The van der Waals surface area contributed by atoms with Crippen molar-refractivity contribution in [1.29, 1.82) is 0 Å². The molecule has 0 aliphatic heterocycles. The molecule has 0 saturated heterocycles. The van der Waals surface area contributed by atoms with Crippen molar-refractivity contribution in [2.45, 2.75) is 20.5 Å². The molecule has 2 heteroatoms. The highest BCUT2D eigenvalue weighted by molar-refractivity contribution is 6.07. The first kappa shape index (κ1) is 17.7. The SMILES string of the molecule is Cc1ccc(C(=O)/C=C/c2ccccc2OCc2ccccc2)cc1C. The van der Waals surface area contributed by atoms with Crippen LogP contribution in [0.3, 0.4) is 0 Å². The highest BCUT2D eigenvalue weighted by Gasteiger charge is 2.05. The molecule has 0 saturated carbocycles. The van der Waals surface area contributed by atoms with Crippen molar-refractivity contribution in [3.8, 4) is 5.75 Å². The average Bonchev–Trinajstić information content (AvgIpc) is 2.68. The standard InChI is InChI=1S/C24H22O2/c1-18-12-13-22(16-19(18)2)23(25)15-14-21-10-6-7-11-24(21)26-17-20-8-4-3-5-9-20/h3-16H,17H2,1-2H3/b15-14+. The maximum Gasteiger partial charge on any atom is 0.185 e. The third-order valence-corrected chi connectivity index (χ3v) is 4.36. The van der Waals surface area contributed by atoms with Gasteiger partial charge < -0.3 is 4.74 Å². The molecule has 0 fully saturated rings. The largest absolute Gasteiger partial charge is 0.488 e. The zero-order valence-electron chi connectivity index (χ0n) is 15.1. The number of benzene rings is 3. The normalized spacial score (nSPS) is 10.8. The molecule has 3 aromatic rings. The van der Waals surface area contributed by atoms with Gasteiger partial charge in [0.05, 0.1) is 0 Å². The summed E-state index contributed by atoms with van der Waals surface area (Å²) in [5.41, 5.74) is 5.01. The molecule has 0 atom stereocenters. The van der Waals surface area contributed by atoms with Gasteiger partial charge in [-0.15, -0.1) is 0 Å². The number of carbonyl (C=O) groups is 1. The smallest absolute Gasteiger partial charge is 0.185 e. The van der Waals surface area contributed by atoms with Gasteiger partial charge in [-0.3, -0.25) is 4.79 Å². The van der Waals surface area contributed by atoms with Crippen LogP contribution in [0.25, 0.3) is 6.08 Å². The fourth-order valence-electron chi connectivity index (χ4n) is 2.64. The topological polar surface area (TPSA) is 26.3 Å². The summed E-state index contributed by atoms with van der Waals surface area (Å²) in [4.78, 5) is 12.4. The Hall–Kier alpha value is -3.13. The van der Waals surface area contributed by atoms with Crippen LogP contribution in [0.15, 0.2) is 78.9 Å². The molecular weight excluding hydrogens is 320 g/mol. The maximum absolute atomic E-state index is 12.4. The van der Waals surface area contributed by atoms with Gasteiger partial charge in [0.15, 0.2) is 5.78 Å². The summed E-state index contributed by atoms with van der Waals surface area (Å²) in [6.45, 7) is 4.55. The summed E-state index contributed by atoms with van der Waals surface area (Å²) in [5.74, 6) is 0.756. The van der Waals surface area contributed by atoms with E-state index >= 15 is 0 Å². The van der Waals surface area contributed by atoms with Crippen LogP contribution < -0.4 is 4.74 Å². The number of carbonyl (C=O) groups excluding carboxylic acids is 1. The summed E-state index contributed by atoms with van der Waals surface area (Å²) in [6, 6.07) is 23.5. The summed E-state index contributed by atoms with van der Waals surface area (Å²) in [6.07, 6.45) is 3.42. The third-order valence-electron chi connectivity index (χ3n) is 4.36. The second-order valence-corrected chi connectivity index (χ2v) is 6.31. The maximum atomic E-state index is 12.4. The molecule has 2 nitrogen and oxygen atoms in total. The van der Waals surface area contributed by atoms with Crippen molar-refractivity contribution >= 4 is 11.9 Å². The van der Waals surface area contributed by atoms with Crippen LogP contribution in [-0.2, 0) is 6.61 Å². The van der Waals surface area contributed by atoms with E-state index in [2.05, 4.69) is 0 Å².